The number of piperazine rings is 1. The van der Waals surface area contributed by atoms with E-state index in [0.29, 0.717) is 49.1 Å². The quantitative estimate of drug-likeness (QED) is 0.787. The summed E-state index contributed by atoms with van der Waals surface area (Å²) in [5.74, 6) is 0.607. The van der Waals surface area contributed by atoms with Crippen molar-refractivity contribution in [1.29, 1.82) is 0 Å². The molecule has 1 saturated heterocycles. The van der Waals surface area contributed by atoms with Gasteiger partial charge in [-0.1, -0.05) is 35.9 Å². The number of nitrogens with zero attached hydrogens (tertiary/aromatic N) is 2. The van der Waals surface area contributed by atoms with Gasteiger partial charge in [-0.15, -0.1) is 0 Å². The molecule has 0 unspecified atom stereocenters. The molecule has 0 aromatic heterocycles. The number of aryl methyl sites for hydroxylation is 1. The van der Waals surface area contributed by atoms with Crippen LogP contribution in [-0.2, 0) is 16.0 Å². The molecule has 0 spiro atoms. The van der Waals surface area contributed by atoms with Gasteiger partial charge in [0.2, 0.25) is 11.8 Å². The second-order valence-electron chi connectivity index (χ2n) is 7.18. The molecule has 154 valence electrons. The summed E-state index contributed by atoms with van der Waals surface area (Å²) in [6, 6.07) is 13.1. The van der Waals surface area contributed by atoms with Crippen molar-refractivity contribution >= 4 is 29.1 Å². The molecule has 1 N–H and O–H groups in total. The van der Waals surface area contributed by atoms with E-state index in [2.05, 4.69) is 10.2 Å². The van der Waals surface area contributed by atoms with E-state index in [4.69, 9.17) is 16.3 Å². The van der Waals surface area contributed by atoms with Crippen LogP contribution in [0.3, 0.4) is 0 Å². The number of rotatable bonds is 6. The fourth-order valence-corrected chi connectivity index (χ4v) is 3.59. The number of methoxy groups -OCH3 is 1. The highest BCUT2D eigenvalue weighted by Crippen LogP contribution is 2.25. The van der Waals surface area contributed by atoms with Crippen molar-refractivity contribution in [2.45, 2.75) is 13.3 Å². The van der Waals surface area contributed by atoms with Crippen LogP contribution in [0.5, 0.6) is 5.75 Å². The maximum atomic E-state index is 12.5. The van der Waals surface area contributed by atoms with E-state index in [1.54, 1.807) is 13.2 Å². The highest BCUT2D eigenvalue weighted by Gasteiger charge is 2.23. The van der Waals surface area contributed by atoms with Gasteiger partial charge in [-0.3, -0.25) is 14.5 Å². The van der Waals surface area contributed by atoms with E-state index < -0.39 is 0 Å². The summed E-state index contributed by atoms with van der Waals surface area (Å²) in [7, 11) is 1.58. The predicted octanol–water partition coefficient (Wildman–Crippen LogP) is 2.98. The Labute approximate surface area is 176 Å². The molecule has 0 aliphatic carbocycles. The largest absolute Gasteiger partial charge is 0.495 e. The molecule has 2 aromatic rings. The van der Waals surface area contributed by atoms with Crippen molar-refractivity contribution in [3.05, 3.63) is 58.6 Å². The van der Waals surface area contributed by atoms with E-state index in [-0.39, 0.29) is 18.4 Å². The number of benzene rings is 2. The molecule has 3 rings (SSSR count). The Balaban J connectivity index is 1.48. The summed E-state index contributed by atoms with van der Waals surface area (Å²) in [6.45, 7) is 4.77. The van der Waals surface area contributed by atoms with E-state index in [1.807, 2.05) is 48.2 Å². The van der Waals surface area contributed by atoms with Gasteiger partial charge < -0.3 is 15.0 Å². The lowest BCUT2D eigenvalue weighted by atomic mass is 10.1. The molecule has 0 saturated carbocycles. The van der Waals surface area contributed by atoms with Crippen LogP contribution in [0.25, 0.3) is 0 Å². The first-order valence-electron chi connectivity index (χ1n) is 9.64. The Morgan fingerprint density at radius 1 is 1.10 bits per heavy atom. The summed E-state index contributed by atoms with van der Waals surface area (Å²) >= 11 is 6.15. The third-order valence-corrected chi connectivity index (χ3v) is 5.39. The minimum Gasteiger partial charge on any atom is -0.495 e. The fraction of sp³-hybridized carbons (Fsp3) is 0.364. The van der Waals surface area contributed by atoms with E-state index in [9.17, 15) is 9.59 Å². The number of hydrogen-bond donors (Lipinski definition) is 1. The summed E-state index contributed by atoms with van der Waals surface area (Å²) in [5, 5.41) is 3.54. The minimum atomic E-state index is -0.0928. The molecule has 0 atom stereocenters. The molecule has 0 radical (unpaired) electrons. The van der Waals surface area contributed by atoms with Crippen molar-refractivity contribution in [3.63, 3.8) is 0 Å². The maximum Gasteiger partial charge on any atom is 0.238 e. The van der Waals surface area contributed by atoms with E-state index in [1.165, 1.54) is 0 Å². The zero-order chi connectivity index (χ0) is 20.8. The normalized spacial score (nSPS) is 14.5. The van der Waals surface area contributed by atoms with Crippen molar-refractivity contribution in [1.82, 2.24) is 9.80 Å². The number of nitrogens with one attached hydrogen (secondary N) is 1. The Bertz CT molecular complexity index is 879. The zero-order valence-corrected chi connectivity index (χ0v) is 17.5. The third-order valence-electron chi connectivity index (χ3n) is 5.02. The zero-order valence-electron chi connectivity index (χ0n) is 16.8. The molecule has 2 amide bonds. The molecular formula is C22H26ClN3O3. The van der Waals surface area contributed by atoms with Crippen molar-refractivity contribution in [3.8, 4) is 5.75 Å². The van der Waals surface area contributed by atoms with Crippen molar-refractivity contribution in [2.24, 2.45) is 0 Å². The fourth-order valence-electron chi connectivity index (χ4n) is 3.38. The number of amides is 2. The van der Waals surface area contributed by atoms with Crippen LogP contribution >= 0.6 is 11.6 Å². The standard InChI is InChI=1S/C22H26ClN3O3/c1-16-7-8-20(29-2)19(13-16)24-21(27)15-25-9-11-26(12-10-25)22(28)14-17-5-3-4-6-18(17)23/h3-8,13H,9-12,14-15H2,1-2H3,(H,24,27). The Morgan fingerprint density at radius 3 is 2.52 bits per heavy atom. The van der Waals surface area contributed by atoms with Gasteiger partial charge in [-0.05, 0) is 36.2 Å². The highest BCUT2D eigenvalue weighted by atomic mass is 35.5. The van der Waals surface area contributed by atoms with E-state index >= 15 is 0 Å². The third kappa shape index (κ3) is 5.71. The number of hydrogen-bond acceptors (Lipinski definition) is 4. The summed E-state index contributed by atoms with van der Waals surface area (Å²) in [5.41, 5.74) is 2.56. The average Bonchev–Trinajstić information content (AvgIpc) is 2.70. The molecule has 1 aliphatic rings. The van der Waals surface area contributed by atoms with Crippen molar-refractivity contribution < 1.29 is 14.3 Å². The van der Waals surface area contributed by atoms with Gasteiger partial charge in [0.1, 0.15) is 5.75 Å². The number of ether oxygens (including phenoxy) is 1. The van der Waals surface area contributed by atoms with Gasteiger partial charge in [0.25, 0.3) is 0 Å². The lowest BCUT2D eigenvalue weighted by Gasteiger charge is -2.34. The Morgan fingerprint density at radius 2 is 1.83 bits per heavy atom. The van der Waals surface area contributed by atoms with Gasteiger partial charge in [0, 0.05) is 31.2 Å². The molecule has 29 heavy (non-hydrogen) atoms. The average molecular weight is 416 g/mol. The lowest BCUT2D eigenvalue weighted by Crippen LogP contribution is -2.50. The smallest absolute Gasteiger partial charge is 0.238 e. The Kier molecular flexibility index (Phi) is 7.12. The summed E-state index contributed by atoms with van der Waals surface area (Å²) in [4.78, 5) is 28.9. The first kappa shape index (κ1) is 21.1. The second kappa shape index (κ2) is 9.76. The Hall–Kier alpha value is -2.57. The summed E-state index contributed by atoms with van der Waals surface area (Å²) < 4.78 is 5.31. The van der Waals surface area contributed by atoms with Crippen molar-refractivity contribution in [2.75, 3.05) is 45.2 Å². The number of halogens is 1. The highest BCUT2D eigenvalue weighted by molar-refractivity contribution is 6.31. The van der Waals surface area contributed by atoms with Crippen LogP contribution < -0.4 is 10.1 Å². The first-order chi connectivity index (χ1) is 14.0. The molecule has 7 heteroatoms. The predicted molar refractivity (Wildman–Crippen MR) is 115 cm³/mol. The van der Waals surface area contributed by atoms with E-state index in [0.717, 1.165) is 11.1 Å². The molecule has 0 bridgehead atoms. The van der Waals surface area contributed by atoms with Gasteiger partial charge in [-0.25, -0.2) is 0 Å². The second-order valence-corrected chi connectivity index (χ2v) is 7.58. The van der Waals surface area contributed by atoms with Crippen LogP contribution in [-0.4, -0.2) is 61.4 Å². The first-order valence-corrected chi connectivity index (χ1v) is 10.0. The van der Waals surface area contributed by atoms with Gasteiger partial charge in [0.05, 0.1) is 25.8 Å². The van der Waals surface area contributed by atoms with Crippen LogP contribution in [0, 0.1) is 6.92 Å². The van der Waals surface area contributed by atoms with Crippen LogP contribution in [0.4, 0.5) is 5.69 Å². The molecule has 1 aliphatic heterocycles. The monoisotopic (exact) mass is 415 g/mol. The molecule has 1 heterocycles. The van der Waals surface area contributed by atoms with Gasteiger partial charge in [-0.2, -0.15) is 0 Å². The number of anilines is 1. The minimum absolute atomic E-state index is 0.0618. The number of carbonyl (C=O) groups is 2. The SMILES string of the molecule is COc1ccc(C)cc1NC(=O)CN1CCN(C(=O)Cc2ccccc2Cl)CC1. The van der Waals surface area contributed by atoms with Crippen LogP contribution in [0.1, 0.15) is 11.1 Å². The number of carbonyl (C=O) groups excluding carboxylic acids is 2. The maximum absolute atomic E-state index is 12.5. The van der Waals surface area contributed by atoms with Gasteiger partial charge in [0.15, 0.2) is 0 Å². The molecule has 6 nitrogen and oxygen atoms in total. The molecule has 1 fully saturated rings. The summed E-state index contributed by atoms with van der Waals surface area (Å²) in [6.07, 6.45) is 0.299. The van der Waals surface area contributed by atoms with Crippen LogP contribution in [0.15, 0.2) is 42.5 Å². The topological polar surface area (TPSA) is 61.9 Å². The molecular weight excluding hydrogens is 390 g/mol. The molecule has 2 aromatic carbocycles. The lowest BCUT2D eigenvalue weighted by molar-refractivity contribution is -0.132. The van der Waals surface area contributed by atoms with Crippen LogP contribution in [0.2, 0.25) is 5.02 Å². The van der Waals surface area contributed by atoms with Gasteiger partial charge >= 0.3 is 0 Å².